The molecule has 0 aromatic carbocycles. The van der Waals surface area contributed by atoms with Crippen molar-refractivity contribution < 1.29 is 0 Å². The third-order valence-corrected chi connectivity index (χ3v) is 2.32. The van der Waals surface area contributed by atoms with Crippen molar-refractivity contribution >= 4 is 17.8 Å². The minimum Gasteiger partial charge on any atom is -0.341 e. The molecule has 1 heterocycles. The molecule has 0 fully saturated rings. The van der Waals surface area contributed by atoms with Gasteiger partial charge in [-0.1, -0.05) is 0 Å². The van der Waals surface area contributed by atoms with Crippen LogP contribution in [0.5, 0.6) is 0 Å². The molecular formula is C11H16N8. The first-order valence-corrected chi connectivity index (χ1v) is 5.97. The molecule has 100 valence electrons. The van der Waals surface area contributed by atoms with Gasteiger partial charge in [0.15, 0.2) is 0 Å². The van der Waals surface area contributed by atoms with Crippen molar-refractivity contribution in [1.29, 1.82) is 10.5 Å². The van der Waals surface area contributed by atoms with Crippen LogP contribution in [0.1, 0.15) is 13.8 Å². The molecule has 0 atom stereocenters. The molecule has 1 rings (SSSR count). The lowest BCUT2D eigenvalue weighted by molar-refractivity contribution is 0.813. The third-order valence-electron chi connectivity index (χ3n) is 2.32. The van der Waals surface area contributed by atoms with E-state index in [2.05, 4.69) is 25.6 Å². The van der Waals surface area contributed by atoms with Crippen LogP contribution in [0.3, 0.4) is 0 Å². The molecule has 8 heteroatoms. The van der Waals surface area contributed by atoms with Gasteiger partial charge < -0.3 is 15.5 Å². The molecule has 0 spiro atoms. The maximum atomic E-state index is 8.56. The normalized spacial score (nSPS) is 9.26. The van der Waals surface area contributed by atoms with E-state index < -0.39 is 0 Å². The quantitative estimate of drug-likeness (QED) is 0.685. The number of aromatic nitrogens is 3. The lowest BCUT2D eigenvalue weighted by atomic mass is 10.5. The molecule has 19 heavy (non-hydrogen) atoms. The van der Waals surface area contributed by atoms with Crippen LogP contribution in [0, 0.1) is 22.7 Å². The van der Waals surface area contributed by atoms with Gasteiger partial charge in [-0.2, -0.15) is 25.5 Å². The van der Waals surface area contributed by atoms with Crippen molar-refractivity contribution in [3.63, 3.8) is 0 Å². The molecule has 0 saturated carbocycles. The Kier molecular flexibility index (Phi) is 5.83. The van der Waals surface area contributed by atoms with Gasteiger partial charge >= 0.3 is 0 Å². The average molecular weight is 260 g/mol. The van der Waals surface area contributed by atoms with E-state index >= 15 is 0 Å². The molecule has 0 aliphatic carbocycles. The fourth-order valence-corrected chi connectivity index (χ4v) is 1.41. The maximum absolute atomic E-state index is 8.56. The third kappa shape index (κ3) is 4.28. The van der Waals surface area contributed by atoms with Gasteiger partial charge in [0.2, 0.25) is 17.8 Å². The Morgan fingerprint density at radius 2 is 1.42 bits per heavy atom. The van der Waals surface area contributed by atoms with Gasteiger partial charge in [-0.3, -0.25) is 0 Å². The van der Waals surface area contributed by atoms with E-state index in [0.29, 0.717) is 17.8 Å². The SMILES string of the molecule is CCN(CC)c1nc(NCC#N)nc(NCC#N)n1. The van der Waals surface area contributed by atoms with Crippen LogP contribution in [0.25, 0.3) is 0 Å². The smallest absolute Gasteiger partial charge is 0.231 e. The highest BCUT2D eigenvalue weighted by molar-refractivity contribution is 5.44. The summed E-state index contributed by atoms with van der Waals surface area (Å²) in [6.45, 7) is 5.74. The van der Waals surface area contributed by atoms with Crippen LogP contribution in [-0.2, 0) is 0 Å². The summed E-state index contributed by atoms with van der Waals surface area (Å²) in [7, 11) is 0. The van der Waals surface area contributed by atoms with Gasteiger partial charge in [-0.15, -0.1) is 0 Å². The summed E-state index contributed by atoms with van der Waals surface area (Å²) in [5.74, 6) is 1.15. The second-order valence-corrected chi connectivity index (χ2v) is 3.48. The van der Waals surface area contributed by atoms with E-state index in [9.17, 15) is 0 Å². The summed E-state index contributed by atoms with van der Waals surface area (Å²) in [5, 5.41) is 22.7. The van der Waals surface area contributed by atoms with Crippen molar-refractivity contribution in [3.05, 3.63) is 0 Å². The van der Waals surface area contributed by atoms with Crippen molar-refractivity contribution in [2.75, 3.05) is 41.7 Å². The summed E-state index contributed by atoms with van der Waals surface area (Å²) in [6, 6.07) is 3.92. The first kappa shape index (κ1) is 14.5. The summed E-state index contributed by atoms with van der Waals surface area (Å²) in [5.41, 5.74) is 0. The van der Waals surface area contributed by atoms with Crippen LogP contribution < -0.4 is 15.5 Å². The van der Waals surface area contributed by atoms with Gasteiger partial charge in [0.25, 0.3) is 0 Å². The highest BCUT2D eigenvalue weighted by Gasteiger charge is 2.10. The molecule has 1 aromatic rings. The standard InChI is InChI=1S/C11H16N8/c1-3-19(4-2)11-17-9(14-7-5-12)16-10(18-11)15-8-6-13/h3-4,7-8H2,1-2H3,(H2,14,15,16,17,18). The number of nitrogens with zero attached hydrogens (tertiary/aromatic N) is 6. The first-order chi connectivity index (χ1) is 9.24. The molecular weight excluding hydrogens is 244 g/mol. The van der Waals surface area contributed by atoms with E-state index in [4.69, 9.17) is 10.5 Å². The number of rotatable bonds is 7. The van der Waals surface area contributed by atoms with Gasteiger partial charge in [0.05, 0.1) is 12.1 Å². The summed E-state index contributed by atoms with van der Waals surface area (Å²) < 4.78 is 0. The number of hydrogen-bond donors (Lipinski definition) is 2. The molecule has 0 bridgehead atoms. The average Bonchev–Trinajstić information content (AvgIpc) is 2.44. The Morgan fingerprint density at radius 3 is 1.79 bits per heavy atom. The van der Waals surface area contributed by atoms with Crippen LogP contribution >= 0.6 is 0 Å². The molecule has 0 aliphatic rings. The predicted molar refractivity (Wildman–Crippen MR) is 71.6 cm³/mol. The lowest BCUT2D eigenvalue weighted by Gasteiger charge is -2.19. The highest BCUT2D eigenvalue weighted by atomic mass is 15.3. The molecule has 8 nitrogen and oxygen atoms in total. The molecule has 0 aliphatic heterocycles. The second kappa shape index (κ2) is 7.67. The van der Waals surface area contributed by atoms with Crippen molar-refractivity contribution in [2.45, 2.75) is 13.8 Å². The predicted octanol–water partition coefficient (Wildman–Crippen LogP) is 0.589. The Morgan fingerprint density at radius 1 is 0.947 bits per heavy atom. The Bertz CT molecular complexity index is 446. The van der Waals surface area contributed by atoms with Crippen LogP contribution in [0.4, 0.5) is 17.8 Å². The maximum Gasteiger partial charge on any atom is 0.231 e. The molecule has 2 N–H and O–H groups in total. The van der Waals surface area contributed by atoms with E-state index in [1.54, 1.807) is 0 Å². The van der Waals surface area contributed by atoms with Gasteiger partial charge in [-0.25, -0.2) is 0 Å². The molecule has 1 aromatic heterocycles. The van der Waals surface area contributed by atoms with E-state index in [-0.39, 0.29) is 13.1 Å². The van der Waals surface area contributed by atoms with Crippen molar-refractivity contribution in [1.82, 2.24) is 15.0 Å². The van der Waals surface area contributed by atoms with Gasteiger partial charge in [0.1, 0.15) is 13.1 Å². The summed E-state index contributed by atoms with van der Waals surface area (Å²) >= 11 is 0. The zero-order valence-corrected chi connectivity index (χ0v) is 11.0. The van der Waals surface area contributed by atoms with Crippen LogP contribution in [0.15, 0.2) is 0 Å². The Labute approximate surface area is 112 Å². The number of hydrogen-bond acceptors (Lipinski definition) is 8. The highest BCUT2D eigenvalue weighted by Crippen LogP contribution is 2.13. The molecule has 0 radical (unpaired) electrons. The Balaban J connectivity index is 3.01. The monoisotopic (exact) mass is 260 g/mol. The van der Waals surface area contributed by atoms with E-state index in [1.807, 2.05) is 30.9 Å². The Hall–Kier alpha value is -2.61. The minimum absolute atomic E-state index is 0.111. The number of anilines is 3. The fraction of sp³-hybridized carbons (Fsp3) is 0.545. The van der Waals surface area contributed by atoms with Crippen molar-refractivity contribution in [2.24, 2.45) is 0 Å². The minimum atomic E-state index is 0.111. The first-order valence-electron chi connectivity index (χ1n) is 5.97. The number of nitrogens with one attached hydrogen (secondary N) is 2. The van der Waals surface area contributed by atoms with E-state index in [1.165, 1.54) is 0 Å². The number of nitriles is 2. The molecule has 0 saturated heterocycles. The largest absolute Gasteiger partial charge is 0.341 e. The van der Waals surface area contributed by atoms with Crippen LogP contribution in [-0.4, -0.2) is 41.1 Å². The second-order valence-electron chi connectivity index (χ2n) is 3.48. The zero-order valence-electron chi connectivity index (χ0n) is 11.0. The van der Waals surface area contributed by atoms with E-state index in [0.717, 1.165) is 13.1 Å². The van der Waals surface area contributed by atoms with Crippen molar-refractivity contribution in [3.8, 4) is 12.1 Å². The van der Waals surface area contributed by atoms with Gasteiger partial charge in [0, 0.05) is 13.1 Å². The fourth-order valence-electron chi connectivity index (χ4n) is 1.41. The summed E-state index contributed by atoms with van der Waals surface area (Å²) in [6.07, 6.45) is 0. The summed E-state index contributed by atoms with van der Waals surface area (Å²) in [4.78, 5) is 14.5. The van der Waals surface area contributed by atoms with Crippen LogP contribution in [0.2, 0.25) is 0 Å². The van der Waals surface area contributed by atoms with Gasteiger partial charge in [-0.05, 0) is 13.8 Å². The lowest BCUT2D eigenvalue weighted by Crippen LogP contribution is -2.25. The topological polar surface area (TPSA) is 114 Å². The molecule has 0 unspecified atom stereocenters. The zero-order chi connectivity index (χ0) is 14.1. The molecule has 0 amide bonds.